The molecule has 0 aliphatic rings. The van der Waals surface area contributed by atoms with Crippen LogP contribution in [0, 0.1) is 0 Å². The molecule has 0 saturated heterocycles. The number of anilines is 3. The number of carbonyl (C=O) groups excluding carboxylic acids is 1. The molecule has 0 spiro atoms. The number of nitrogens with one attached hydrogen (secondary N) is 3. The van der Waals surface area contributed by atoms with Gasteiger partial charge in [0.25, 0.3) is 26.1 Å². The number of carbonyl (C=O) groups is 1. The lowest BCUT2D eigenvalue weighted by molar-refractivity contribution is 0.102. The Hall–Kier alpha value is -4.35. The maximum Gasteiger partial charge on any atom is 0.397 e. The van der Waals surface area contributed by atoms with Crippen molar-refractivity contribution in [3.8, 4) is 5.75 Å². The van der Waals surface area contributed by atoms with Crippen molar-refractivity contribution < 1.29 is 61.4 Å². The van der Waals surface area contributed by atoms with Crippen molar-refractivity contribution in [2.24, 2.45) is 0 Å². The molecule has 17 nitrogen and oxygen atoms in total. The van der Waals surface area contributed by atoms with Crippen molar-refractivity contribution in [1.82, 2.24) is 0 Å². The van der Waals surface area contributed by atoms with Crippen LogP contribution >= 0.6 is 0 Å². The smallest absolute Gasteiger partial charge is 0.397 e. The average molecular weight is 718 g/mol. The molecule has 1 amide bonds. The first-order valence-corrected chi connectivity index (χ1v) is 18.3. The van der Waals surface area contributed by atoms with Gasteiger partial charge in [-0.2, -0.15) is 25.3 Å². The van der Waals surface area contributed by atoms with E-state index in [9.17, 15) is 52.7 Å². The highest BCUT2D eigenvalue weighted by Crippen LogP contribution is 2.44. The van der Waals surface area contributed by atoms with Crippen LogP contribution in [0.15, 0.2) is 87.5 Å². The van der Waals surface area contributed by atoms with E-state index < -0.39 is 90.7 Å². The number of sulfone groups is 1. The summed E-state index contributed by atoms with van der Waals surface area (Å²) in [4.78, 5) is 10.7. The lowest BCUT2D eigenvalue weighted by Crippen LogP contribution is -2.16. The number of amides is 1. The highest BCUT2D eigenvalue weighted by Gasteiger charge is 2.28. The Bertz CT molecular complexity index is 2260. The van der Waals surface area contributed by atoms with Crippen LogP contribution in [-0.2, 0) is 44.7 Å². The number of aromatic hydroxyl groups is 1. The predicted octanol–water partition coefficient (Wildman–Crippen LogP) is 2.32. The van der Waals surface area contributed by atoms with E-state index in [4.69, 9.17) is 4.55 Å². The molecule has 246 valence electrons. The predicted molar refractivity (Wildman–Crippen MR) is 163 cm³/mol. The standard InChI is InChI=1S/C25H23N3O14S4/c29-24-22-18(20(44(33,34)35)11-10-19(22)26-25(30)15-4-2-1-3-5-15)14-21(45(36,37)38)23(24)28-27-16-6-8-17(9-7-16)43(31,32)13-12-42-46(39,40)41/h1-11,14,27-29H,12-13H2,(H,26,30)(H,33,34,35)(H,36,37,38)(H,39,40,41). The van der Waals surface area contributed by atoms with Crippen LogP contribution in [0.3, 0.4) is 0 Å². The van der Waals surface area contributed by atoms with Crippen molar-refractivity contribution in [2.45, 2.75) is 14.7 Å². The largest absolute Gasteiger partial charge is 0.505 e. The number of hydrazine groups is 1. The van der Waals surface area contributed by atoms with Gasteiger partial charge < -0.3 is 15.8 Å². The lowest BCUT2D eigenvalue weighted by Gasteiger charge is -2.19. The first-order valence-electron chi connectivity index (χ1n) is 12.4. The van der Waals surface area contributed by atoms with Crippen LogP contribution < -0.4 is 16.2 Å². The summed E-state index contributed by atoms with van der Waals surface area (Å²) in [5.41, 5.74) is 4.09. The fraction of sp³-hybridized carbons (Fsp3) is 0.0800. The molecule has 0 saturated carbocycles. The Labute approximate surface area is 262 Å². The lowest BCUT2D eigenvalue weighted by atomic mass is 10.1. The monoisotopic (exact) mass is 717 g/mol. The molecule has 0 atom stereocenters. The molecule has 4 aromatic rings. The molecular formula is C25H23N3O14S4. The normalized spacial score (nSPS) is 12.5. The van der Waals surface area contributed by atoms with Gasteiger partial charge in [-0.15, -0.1) is 0 Å². The summed E-state index contributed by atoms with van der Waals surface area (Å²) in [5, 5.41) is 12.7. The Morgan fingerprint density at radius 3 is 1.91 bits per heavy atom. The van der Waals surface area contributed by atoms with Gasteiger partial charge in [-0.1, -0.05) is 18.2 Å². The number of benzene rings is 4. The first-order chi connectivity index (χ1) is 21.3. The van der Waals surface area contributed by atoms with Gasteiger partial charge >= 0.3 is 10.4 Å². The molecule has 0 heterocycles. The molecule has 0 fully saturated rings. The van der Waals surface area contributed by atoms with Crippen molar-refractivity contribution in [3.63, 3.8) is 0 Å². The zero-order chi connectivity index (χ0) is 34.1. The van der Waals surface area contributed by atoms with Gasteiger partial charge in [-0.05, 0) is 54.6 Å². The van der Waals surface area contributed by atoms with E-state index in [1.807, 2.05) is 0 Å². The summed E-state index contributed by atoms with van der Waals surface area (Å²) in [7, 11) is -19.2. The zero-order valence-electron chi connectivity index (χ0n) is 22.8. The van der Waals surface area contributed by atoms with Gasteiger partial charge in [0.15, 0.2) is 15.6 Å². The summed E-state index contributed by atoms with van der Waals surface area (Å²) in [5.74, 6) is -2.51. The molecule has 7 N–H and O–H groups in total. The summed E-state index contributed by atoms with van der Waals surface area (Å²) in [6, 6.07) is 14.7. The van der Waals surface area contributed by atoms with Crippen LogP contribution in [-0.4, -0.2) is 70.7 Å². The third-order valence-electron chi connectivity index (χ3n) is 6.17. The Morgan fingerprint density at radius 2 is 1.35 bits per heavy atom. The highest BCUT2D eigenvalue weighted by atomic mass is 32.3. The number of phenols is 1. The minimum atomic E-state index is -5.22. The van der Waals surface area contributed by atoms with Crippen LogP contribution in [0.5, 0.6) is 5.75 Å². The molecule has 0 aromatic heterocycles. The average Bonchev–Trinajstić information content (AvgIpc) is 2.95. The fourth-order valence-corrected chi connectivity index (χ4v) is 6.97. The number of hydrogen-bond donors (Lipinski definition) is 7. The van der Waals surface area contributed by atoms with Crippen molar-refractivity contribution in [2.75, 3.05) is 28.5 Å². The maximum atomic E-state index is 12.9. The first kappa shape index (κ1) is 34.5. The van der Waals surface area contributed by atoms with E-state index in [-0.39, 0.29) is 21.8 Å². The second-order valence-corrected chi connectivity index (χ2v) is 15.2. The highest BCUT2D eigenvalue weighted by molar-refractivity contribution is 7.91. The fourth-order valence-electron chi connectivity index (χ4n) is 4.13. The number of hydrogen-bond acceptors (Lipinski definition) is 13. The van der Waals surface area contributed by atoms with E-state index >= 15 is 0 Å². The molecule has 0 bridgehead atoms. The Balaban J connectivity index is 1.75. The SMILES string of the molecule is O=C(Nc1ccc(S(=O)(=O)O)c2cc(S(=O)(=O)O)c(NNc3ccc(S(=O)(=O)CCOS(=O)(=O)O)cc3)c(O)c12)c1ccccc1. The quantitative estimate of drug-likeness (QED) is 0.0629. The summed E-state index contributed by atoms with van der Waals surface area (Å²) in [6.45, 7) is -0.866. The second-order valence-electron chi connectivity index (χ2n) is 9.25. The number of fused-ring (bicyclic) bond motifs is 1. The molecule has 46 heavy (non-hydrogen) atoms. The Morgan fingerprint density at radius 1 is 0.739 bits per heavy atom. The van der Waals surface area contributed by atoms with Crippen LogP contribution in [0.4, 0.5) is 17.1 Å². The van der Waals surface area contributed by atoms with E-state index in [0.717, 1.165) is 24.3 Å². The molecule has 0 aliphatic heterocycles. The van der Waals surface area contributed by atoms with E-state index in [2.05, 4.69) is 20.4 Å². The third kappa shape index (κ3) is 8.07. The molecule has 0 aliphatic carbocycles. The van der Waals surface area contributed by atoms with Gasteiger partial charge in [-0.3, -0.25) is 23.9 Å². The molecular weight excluding hydrogens is 695 g/mol. The summed E-state index contributed by atoms with van der Waals surface area (Å²) < 4.78 is 127. The topological polar surface area (TPSA) is 280 Å². The van der Waals surface area contributed by atoms with Gasteiger partial charge in [0.05, 0.1) is 34.0 Å². The van der Waals surface area contributed by atoms with E-state index in [1.165, 1.54) is 24.3 Å². The van der Waals surface area contributed by atoms with Crippen LogP contribution in [0.25, 0.3) is 10.8 Å². The molecule has 4 aromatic carbocycles. The van der Waals surface area contributed by atoms with E-state index in [0.29, 0.717) is 6.07 Å². The van der Waals surface area contributed by atoms with Gasteiger partial charge in [0.1, 0.15) is 15.5 Å². The minimum absolute atomic E-state index is 0.0539. The van der Waals surface area contributed by atoms with Crippen LogP contribution in [0.1, 0.15) is 10.4 Å². The second kappa shape index (κ2) is 12.8. The van der Waals surface area contributed by atoms with Crippen molar-refractivity contribution >= 4 is 74.2 Å². The van der Waals surface area contributed by atoms with Crippen molar-refractivity contribution in [3.05, 3.63) is 78.4 Å². The van der Waals surface area contributed by atoms with E-state index in [1.54, 1.807) is 18.2 Å². The Kier molecular flexibility index (Phi) is 9.61. The van der Waals surface area contributed by atoms with Gasteiger partial charge in [-0.25, -0.2) is 12.6 Å². The maximum absolute atomic E-state index is 12.9. The van der Waals surface area contributed by atoms with Crippen LogP contribution in [0.2, 0.25) is 0 Å². The molecule has 4 rings (SSSR count). The third-order valence-corrected chi connectivity index (χ3v) is 10.1. The number of phenolic OH excluding ortho intramolecular Hbond substituents is 1. The van der Waals surface area contributed by atoms with Gasteiger partial charge in [0, 0.05) is 10.9 Å². The minimum Gasteiger partial charge on any atom is -0.505 e. The summed E-state index contributed by atoms with van der Waals surface area (Å²) >= 11 is 0. The summed E-state index contributed by atoms with van der Waals surface area (Å²) in [6.07, 6.45) is 0. The zero-order valence-corrected chi connectivity index (χ0v) is 26.1. The molecule has 0 unspecified atom stereocenters. The number of rotatable bonds is 12. The molecule has 21 heteroatoms. The molecule has 0 radical (unpaired) electrons. The van der Waals surface area contributed by atoms with Gasteiger partial charge in [0.2, 0.25) is 0 Å². The van der Waals surface area contributed by atoms with Crippen molar-refractivity contribution in [1.29, 1.82) is 0 Å².